The van der Waals surface area contributed by atoms with Gasteiger partial charge in [0.25, 0.3) is 0 Å². The van der Waals surface area contributed by atoms with E-state index in [1.54, 1.807) is 20.8 Å². The quantitative estimate of drug-likeness (QED) is 0.116. The molecule has 0 unspecified atom stereocenters. The standard InChI is InChI=1S/C22H43N5O5S2/c1-11(2)19(29)16(26-21(31)14(7)24-12(3)4)9-33-34-10-17(25-13(5)6)22(32)27-18(15(8)28)20(23)30/h11-18,24-25,28H,9-10H2,1-8H3,(H2,23,30)(H,26,31)(H,27,32)/t14-,15+,16-,17-,18-/m0/s1. The van der Waals surface area contributed by atoms with Crippen LogP contribution in [-0.2, 0) is 19.2 Å². The lowest BCUT2D eigenvalue weighted by molar-refractivity contribution is -0.130. The number of nitrogens with one attached hydrogen (secondary N) is 4. The number of amides is 3. The summed E-state index contributed by atoms with van der Waals surface area (Å²) in [7, 11) is 2.75. The van der Waals surface area contributed by atoms with Gasteiger partial charge in [-0.05, 0) is 13.8 Å². The van der Waals surface area contributed by atoms with Crippen LogP contribution in [0.25, 0.3) is 0 Å². The Morgan fingerprint density at radius 1 is 0.765 bits per heavy atom. The van der Waals surface area contributed by atoms with Crippen molar-refractivity contribution in [3.63, 3.8) is 0 Å². The van der Waals surface area contributed by atoms with Gasteiger partial charge in [0.15, 0.2) is 5.78 Å². The molecule has 0 bridgehead atoms. The van der Waals surface area contributed by atoms with Gasteiger partial charge in [-0.1, -0.05) is 63.1 Å². The van der Waals surface area contributed by atoms with E-state index in [2.05, 4.69) is 21.3 Å². The number of hydrogen-bond donors (Lipinski definition) is 6. The molecule has 0 aliphatic heterocycles. The van der Waals surface area contributed by atoms with Crippen molar-refractivity contribution in [2.75, 3.05) is 11.5 Å². The Kier molecular flexibility index (Phi) is 15.7. The molecule has 0 saturated carbocycles. The molecule has 34 heavy (non-hydrogen) atoms. The zero-order valence-corrected chi connectivity index (χ0v) is 23.1. The third-order valence-corrected chi connectivity index (χ3v) is 7.12. The van der Waals surface area contributed by atoms with E-state index in [-0.39, 0.29) is 29.7 Å². The van der Waals surface area contributed by atoms with E-state index in [9.17, 15) is 24.3 Å². The Balaban J connectivity index is 5.07. The predicted octanol–water partition coefficient (Wildman–Crippen LogP) is 0.182. The van der Waals surface area contributed by atoms with Gasteiger partial charge in [-0.25, -0.2) is 0 Å². The topological polar surface area (TPSA) is 163 Å². The maximum Gasteiger partial charge on any atom is 0.242 e. The first-order chi connectivity index (χ1) is 15.7. The van der Waals surface area contributed by atoms with Crippen molar-refractivity contribution in [1.82, 2.24) is 21.3 Å². The van der Waals surface area contributed by atoms with Crippen LogP contribution >= 0.6 is 21.6 Å². The van der Waals surface area contributed by atoms with Crippen LogP contribution in [-0.4, -0.2) is 82.5 Å². The number of nitrogens with two attached hydrogens (primary N) is 1. The third kappa shape index (κ3) is 12.9. The second-order valence-corrected chi connectivity index (χ2v) is 11.8. The van der Waals surface area contributed by atoms with Crippen molar-refractivity contribution in [1.29, 1.82) is 0 Å². The number of aliphatic hydroxyl groups excluding tert-OH is 1. The van der Waals surface area contributed by atoms with E-state index in [4.69, 9.17) is 5.73 Å². The summed E-state index contributed by atoms with van der Waals surface area (Å²) in [6, 6.07) is -2.81. The van der Waals surface area contributed by atoms with Crippen LogP contribution in [0.1, 0.15) is 55.4 Å². The first-order valence-corrected chi connectivity index (χ1v) is 14.0. The number of primary amides is 1. The van der Waals surface area contributed by atoms with Gasteiger partial charge in [0.2, 0.25) is 17.7 Å². The first kappa shape index (κ1) is 32.7. The molecule has 3 amide bonds. The van der Waals surface area contributed by atoms with Crippen LogP contribution in [0.4, 0.5) is 0 Å². The molecule has 0 fully saturated rings. The fourth-order valence-electron chi connectivity index (χ4n) is 2.99. The number of carbonyl (C=O) groups excluding carboxylic acids is 4. The SMILES string of the molecule is CC(C)N[C@@H](C)C(=O)N[C@@H](CSSC[C@H](NC(C)C)C(=O)N[C@H](C(N)=O)[C@@H](C)O)C(=O)C(C)C. The molecule has 0 heterocycles. The van der Waals surface area contributed by atoms with E-state index in [0.717, 1.165) is 0 Å². The highest BCUT2D eigenvalue weighted by atomic mass is 33.1. The summed E-state index contributed by atoms with van der Waals surface area (Å²) in [5, 5.41) is 21.3. The molecule has 0 aliphatic carbocycles. The van der Waals surface area contributed by atoms with Gasteiger partial charge in [0.1, 0.15) is 6.04 Å². The average molecular weight is 522 g/mol. The molecule has 198 valence electrons. The highest BCUT2D eigenvalue weighted by Crippen LogP contribution is 2.24. The number of Topliss-reactive ketones (excluding diaryl/α,β-unsaturated/α-hetero) is 1. The highest BCUT2D eigenvalue weighted by Gasteiger charge is 2.29. The van der Waals surface area contributed by atoms with Gasteiger partial charge in [-0.2, -0.15) is 0 Å². The van der Waals surface area contributed by atoms with Gasteiger partial charge in [0.05, 0.1) is 24.2 Å². The fraction of sp³-hybridized carbons (Fsp3) is 0.818. The molecule has 0 saturated heterocycles. The minimum absolute atomic E-state index is 0.00979. The Morgan fingerprint density at radius 3 is 1.68 bits per heavy atom. The first-order valence-electron chi connectivity index (χ1n) is 11.6. The zero-order valence-electron chi connectivity index (χ0n) is 21.5. The number of hydrogen-bond acceptors (Lipinski definition) is 9. The smallest absolute Gasteiger partial charge is 0.242 e. The van der Waals surface area contributed by atoms with Gasteiger partial charge >= 0.3 is 0 Å². The summed E-state index contributed by atoms with van der Waals surface area (Å²) in [5.41, 5.74) is 5.27. The molecule has 0 aromatic heterocycles. The molecule has 0 spiro atoms. The van der Waals surface area contributed by atoms with E-state index in [1.807, 2.05) is 27.7 Å². The number of rotatable bonds is 17. The Labute approximate surface area is 211 Å². The predicted molar refractivity (Wildman–Crippen MR) is 139 cm³/mol. The van der Waals surface area contributed by atoms with Crippen LogP contribution in [0.5, 0.6) is 0 Å². The second-order valence-electron chi connectivity index (χ2n) is 9.23. The number of ketones is 1. The van der Waals surface area contributed by atoms with Gasteiger partial charge in [-0.3, -0.25) is 19.2 Å². The van der Waals surface area contributed by atoms with Crippen molar-refractivity contribution < 1.29 is 24.3 Å². The molecular formula is C22H43N5O5S2. The zero-order chi connectivity index (χ0) is 26.6. The molecule has 0 aromatic rings. The summed E-state index contributed by atoms with van der Waals surface area (Å²) < 4.78 is 0. The highest BCUT2D eigenvalue weighted by molar-refractivity contribution is 8.76. The lowest BCUT2D eigenvalue weighted by Crippen LogP contribution is -2.57. The minimum atomic E-state index is -1.19. The summed E-state index contributed by atoms with van der Waals surface area (Å²) >= 11 is 0. The van der Waals surface area contributed by atoms with Gasteiger partial charge in [0, 0.05) is 29.5 Å². The van der Waals surface area contributed by atoms with Crippen LogP contribution in [0.15, 0.2) is 0 Å². The van der Waals surface area contributed by atoms with Crippen molar-refractivity contribution in [3.05, 3.63) is 0 Å². The van der Waals surface area contributed by atoms with Crippen molar-refractivity contribution in [2.24, 2.45) is 11.7 Å². The Bertz CT molecular complexity index is 676. The van der Waals surface area contributed by atoms with Crippen LogP contribution in [0.3, 0.4) is 0 Å². The van der Waals surface area contributed by atoms with Gasteiger partial charge < -0.3 is 32.1 Å². The van der Waals surface area contributed by atoms with Crippen molar-refractivity contribution >= 4 is 45.1 Å². The molecular weight excluding hydrogens is 478 g/mol. The van der Waals surface area contributed by atoms with E-state index in [1.165, 1.54) is 28.5 Å². The molecule has 5 atom stereocenters. The maximum absolute atomic E-state index is 12.7. The monoisotopic (exact) mass is 521 g/mol. The molecule has 0 aromatic carbocycles. The van der Waals surface area contributed by atoms with E-state index in [0.29, 0.717) is 11.5 Å². The third-order valence-electron chi connectivity index (χ3n) is 4.70. The largest absolute Gasteiger partial charge is 0.391 e. The normalized spacial score (nSPS) is 16.1. The number of carbonyl (C=O) groups is 4. The second kappa shape index (κ2) is 16.4. The van der Waals surface area contributed by atoms with E-state index >= 15 is 0 Å². The lowest BCUT2D eigenvalue weighted by atomic mass is 10.0. The van der Waals surface area contributed by atoms with Crippen LogP contribution in [0.2, 0.25) is 0 Å². The molecule has 10 nitrogen and oxygen atoms in total. The molecule has 0 radical (unpaired) electrons. The van der Waals surface area contributed by atoms with E-state index < -0.39 is 42.1 Å². The number of aliphatic hydroxyl groups is 1. The van der Waals surface area contributed by atoms with Crippen molar-refractivity contribution in [2.45, 2.75) is 97.7 Å². The molecule has 0 aliphatic rings. The molecule has 7 N–H and O–H groups in total. The summed E-state index contributed by atoms with van der Waals surface area (Å²) in [4.78, 5) is 49.4. The molecule has 12 heteroatoms. The van der Waals surface area contributed by atoms with Gasteiger partial charge in [-0.15, -0.1) is 0 Å². The fourth-order valence-corrected chi connectivity index (χ4v) is 5.34. The lowest BCUT2D eigenvalue weighted by Gasteiger charge is -2.25. The summed E-state index contributed by atoms with van der Waals surface area (Å²) in [6.07, 6.45) is -1.12. The minimum Gasteiger partial charge on any atom is -0.391 e. The van der Waals surface area contributed by atoms with Crippen LogP contribution < -0.4 is 27.0 Å². The maximum atomic E-state index is 12.7. The Hall–Kier alpha value is -1.34. The Morgan fingerprint density at radius 2 is 1.26 bits per heavy atom. The van der Waals surface area contributed by atoms with Crippen LogP contribution in [0, 0.1) is 5.92 Å². The molecule has 0 rings (SSSR count). The summed E-state index contributed by atoms with van der Waals surface area (Å²) in [6.45, 7) is 14.4. The average Bonchev–Trinajstić information content (AvgIpc) is 2.70. The summed E-state index contributed by atoms with van der Waals surface area (Å²) in [5.74, 6) is -1.14. The van der Waals surface area contributed by atoms with Crippen molar-refractivity contribution in [3.8, 4) is 0 Å².